The van der Waals surface area contributed by atoms with Gasteiger partial charge in [0.2, 0.25) is 5.91 Å². The maximum absolute atomic E-state index is 12.4. The highest BCUT2D eigenvalue weighted by Crippen LogP contribution is 2.15. The first kappa shape index (κ1) is 52.6. The normalized spacial score (nSPS) is 12.7. The third kappa shape index (κ3) is 40.3. The first-order chi connectivity index (χ1) is 26.5. The Bertz CT molecular complexity index is 802. The number of allylic oxidation sites excluding steroid dienone is 2. The van der Waals surface area contributed by atoms with Gasteiger partial charge in [0.1, 0.15) is 0 Å². The van der Waals surface area contributed by atoms with Crippen LogP contribution in [0.2, 0.25) is 0 Å². The van der Waals surface area contributed by atoms with Crippen molar-refractivity contribution < 1.29 is 24.5 Å². The predicted octanol–water partition coefficient (Wildman–Crippen LogP) is 13.8. The molecule has 0 bridgehead atoms. The smallest absolute Gasteiger partial charge is 0.305 e. The molecule has 1 amide bonds. The predicted molar refractivity (Wildman–Crippen MR) is 232 cm³/mol. The van der Waals surface area contributed by atoms with E-state index in [1.54, 1.807) is 0 Å². The molecular weight excluding hydrogens is 671 g/mol. The van der Waals surface area contributed by atoms with E-state index in [2.05, 4.69) is 31.3 Å². The Hall–Kier alpha value is -1.40. The molecule has 0 saturated heterocycles. The second-order valence-electron chi connectivity index (χ2n) is 16.4. The lowest BCUT2D eigenvalue weighted by molar-refractivity contribution is -0.143. The Kier molecular flexibility index (Phi) is 43.2. The van der Waals surface area contributed by atoms with E-state index < -0.39 is 12.1 Å². The lowest BCUT2D eigenvalue weighted by Gasteiger charge is -2.22. The maximum Gasteiger partial charge on any atom is 0.305 e. The summed E-state index contributed by atoms with van der Waals surface area (Å²) in [7, 11) is 0. The van der Waals surface area contributed by atoms with Gasteiger partial charge in [-0.2, -0.15) is 0 Å². The van der Waals surface area contributed by atoms with E-state index in [0.717, 1.165) is 57.8 Å². The number of ether oxygens (including phenoxy) is 1. The maximum atomic E-state index is 12.4. The van der Waals surface area contributed by atoms with Crippen molar-refractivity contribution in [3.8, 4) is 0 Å². The molecule has 0 aromatic carbocycles. The molecule has 0 rings (SSSR count). The number of aliphatic hydroxyl groups is 2. The summed E-state index contributed by atoms with van der Waals surface area (Å²) < 4.78 is 5.45. The molecule has 0 aliphatic heterocycles. The molecule has 2 atom stereocenters. The zero-order valence-corrected chi connectivity index (χ0v) is 36.2. The Balaban J connectivity index is 3.45. The number of aliphatic hydroxyl groups excluding tert-OH is 2. The summed E-state index contributed by atoms with van der Waals surface area (Å²) in [6.07, 6.45) is 48.8. The SMILES string of the molecule is CCCCCCCCC/C=C\CCCCCCCC(=O)OCCCCCCCCCCCCCC(=O)NC(CO)C(O)CCCCCCCCCCCC. The van der Waals surface area contributed by atoms with Gasteiger partial charge in [0.15, 0.2) is 0 Å². The molecule has 0 aromatic heterocycles. The van der Waals surface area contributed by atoms with Crippen LogP contribution in [0.25, 0.3) is 0 Å². The lowest BCUT2D eigenvalue weighted by Crippen LogP contribution is -2.45. The average Bonchev–Trinajstić information content (AvgIpc) is 3.17. The van der Waals surface area contributed by atoms with Crippen LogP contribution in [0.15, 0.2) is 12.2 Å². The van der Waals surface area contributed by atoms with Gasteiger partial charge in [-0.3, -0.25) is 9.59 Å². The molecule has 0 aliphatic carbocycles. The Morgan fingerprint density at radius 3 is 1.31 bits per heavy atom. The van der Waals surface area contributed by atoms with Crippen molar-refractivity contribution >= 4 is 11.9 Å². The van der Waals surface area contributed by atoms with Crippen LogP contribution >= 0.6 is 0 Å². The summed E-state index contributed by atoms with van der Waals surface area (Å²) in [6, 6.07) is -0.553. The van der Waals surface area contributed by atoms with E-state index in [0.29, 0.717) is 25.9 Å². The van der Waals surface area contributed by atoms with Crippen LogP contribution in [0.1, 0.15) is 258 Å². The molecule has 0 radical (unpaired) electrons. The van der Waals surface area contributed by atoms with Crippen LogP contribution in [0.4, 0.5) is 0 Å². The fourth-order valence-corrected chi connectivity index (χ4v) is 7.34. The number of carbonyl (C=O) groups excluding carboxylic acids is 2. The second kappa shape index (κ2) is 44.3. The van der Waals surface area contributed by atoms with Crippen LogP contribution in [0.3, 0.4) is 0 Å². The molecule has 6 nitrogen and oxygen atoms in total. The van der Waals surface area contributed by atoms with E-state index in [4.69, 9.17) is 4.74 Å². The van der Waals surface area contributed by atoms with Crippen LogP contribution in [-0.4, -0.2) is 47.4 Å². The van der Waals surface area contributed by atoms with Gasteiger partial charge in [0, 0.05) is 12.8 Å². The molecule has 6 heteroatoms. The molecule has 54 heavy (non-hydrogen) atoms. The van der Waals surface area contributed by atoms with Gasteiger partial charge in [0.05, 0.1) is 25.4 Å². The minimum absolute atomic E-state index is 0.0214. The van der Waals surface area contributed by atoms with E-state index in [9.17, 15) is 19.8 Å². The summed E-state index contributed by atoms with van der Waals surface area (Å²) >= 11 is 0. The molecule has 0 fully saturated rings. The number of unbranched alkanes of at least 4 members (excludes halogenated alkanes) is 31. The zero-order chi connectivity index (χ0) is 39.4. The van der Waals surface area contributed by atoms with Gasteiger partial charge in [0.25, 0.3) is 0 Å². The van der Waals surface area contributed by atoms with E-state index in [-0.39, 0.29) is 18.5 Å². The van der Waals surface area contributed by atoms with Crippen molar-refractivity contribution in [2.24, 2.45) is 0 Å². The number of amides is 1. The molecule has 2 unspecified atom stereocenters. The van der Waals surface area contributed by atoms with Gasteiger partial charge in [-0.25, -0.2) is 0 Å². The Morgan fingerprint density at radius 2 is 0.870 bits per heavy atom. The second-order valence-corrected chi connectivity index (χ2v) is 16.4. The zero-order valence-electron chi connectivity index (χ0n) is 36.2. The molecule has 0 aliphatic rings. The van der Waals surface area contributed by atoms with Crippen molar-refractivity contribution in [2.75, 3.05) is 13.2 Å². The fourth-order valence-electron chi connectivity index (χ4n) is 7.34. The van der Waals surface area contributed by atoms with Crippen LogP contribution in [-0.2, 0) is 14.3 Å². The van der Waals surface area contributed by atoms with Gasteiger partial charge in [-0.1, -0.05) is 206 Å². The highest BCUT2D eigenvalue weighted by atomic mass is 16.5. The number of carbonyl (C=O) groups is 2. The Labute approximate surface area is 336 Å². The third-order valence-electron chi connectivity index (χ3n) is 11.1. The van der Waals surface area contributed by atoms with E-state index in [1.165, 1.54) is 167 Å². The largest absolute Gasteiger partial charge is 0.466 e. The summed E-state index contributed by atoms with van der Waals surface area (Å²) in [5.41, 5.74) is 0. The number of hydrogen-bond acceptors (Lipinski definition) is 5. The van der Waals surface area contributed by atoms with E-state index >= 15 is 0 Å². The minimum Gasteiger partial charge on any atom is -0.466 e. The highest BCUT2D eigenvalue weighted by Gasteiger charge is 2.20. The molecule has 320 valence electrons. The van der Waals surface area contributed by atoms with Gasteiger partial charge in [-0.15, -0.1) is 0 Å². The average molecular weight is 764 g/mol. The Morgan fingerprint density at radius 1 is 0.500 bits per heavy atom. The molecule has 0 spiro atoms. The standard InChI is InChI=1S/C48H93NO5/c1-3-5-7-9-11-13-15-16-17-18-19-22-26-30-34-38-42-48(53)54-43-39-35-31-27-23-20-21-25-29-33-37-41-47(52)49-45(44-50)46(51)40-36-32-28-24-14-12-10-8-6-4-2/h17-18,45-46,50-51H,3-16,19-44H2,1-2H3,(H,49,52)/b18-17-. The third-order valence-corrected chi connectivity index (χ3v) is 11.1. The summed E-state index contributed by atoms with van der Waals surface area (Å²) in [5.74, 6) is -0.0774. The van der Waals surface area contributed by atoms with Crippen molar-refractivity contribution in [3.63, 3.8) is 0 Å². The van der Waals surface area contributed by atoms with Crippen LogP contribution in [0.5, 0.6) is 0 Å². The number of nitrogens with one attached hydrogen (secondary N) is 1. The number of hydrogen-bond donors (Lipinski definition) is 3. The van der Waals surface area contributed by atoms with Crippen molar-refractivity contribution in [1.82, 2.24) is 5.32 Å². The topological polar surface area (TPSA) is 95.9 Å². The molecule has 0 heterocycles. The first-order valence-electron chi connectivity index (χ1n) is 23.9. The molecule has 3 N–H and O–H groups in total. The number of rotatable bonds is 44. The molecule has 0 saturated carbocycles. The van der Waals surface area contributed by atoms with Crippen molar-refractivity contribution in [1.29, 1.82) is 0 Å². The van der Waals surface area contributed by atoms with Gasteiger partial charge in [-0.05, 0) is 51.4 Å². The fraction of sp³-hybridized carbons (Fsp3) is 0.917. The molecule has 0 aromatic rings. The first-order valence-corrected chi connectivity index (χ1v) is 23.9. The van der Waals surface area contributed by atoms with Crippen LogP contribution in [0, 0.1) is 0 Å². The monoisotopic (exact) mass is 764 g/mol. The van der Waals surface area contributed by atoms with Gasteiger partial charge < -0.3 is 20.3 Å². The summed E-state index contributed by atoms with van der Waals surface area (Å²) in [6.45, 7) is 4.89. The number of esters is 1. The van der Waals surface area contributed by atoms with Crippen LogP contribution < -0.4 is 5.32 Å². The lowest BCUT2D eigenvalue weighted by atomic mass is 10.0. The quantitative estimate of drug-likeness (QED) is 0.0326. The highest BCUT2D eigenvalue weighted by molar-refractivity contribution is 5.76. The van der Waals surface area contributed by atoms with Crippen molar-refractivity contribution in [3.05, 3.63) is 12.2 Å². The van der Waals surface area contributed by atoms with E-state index in [1.807, 2.05) is 0 Å². The summed E-state index contributed by atoms with van der Waals surface area (Å²) in [4.78, 5) is 24.4. The van der Waals surface area contributed by atoms with Gasteiger partial charge >= 0.3 is 5.97 Å². The van der Waals surface area contributed by atoms with Crippen molar-refractivity contribution in [2.45, 2.75) is 270 Å². The molecular formula is C48H93NO5. The minimum atomic E-state index is -0.674. The summed E-state index contributed by atoms with van der Waals surface area (Å²) in [5, 5.41) is 23.1.